The van der Waals surface area contributed by atoms with Crippen molar-refractivity contribution in [1.29, 1.82) is 0 Å². The minimum Gasteiger partial charge on any atom is -0.298 e. The van der Waals surface area contributed by atoms with Crippen LogP contribution in [0.2, 0.25) is 0 Å². The molecule has 0 aliphatic rings. The van der Waals surface area contributed by atoms with E-state index in [0.29, 0.717) is 10.9 Å². The summed E-state index contributed by atoms with van der Waals surface area (Å²) in [5.41, 5.74) is 2.47. The molecule has 0 bridgehead atoms. The molecule has 3 aromatic rings. The molecule has 3 rings (SSSR count). The second-order valence-electron chi connectivity index (χ2n) is 4.38. The highest BCUT2D eigenvalue weighted by Gasteiger charge is 2.07. The van der Waals surface area contributed by atoms with Crippen molar-refractivity contribution in [1.82, 2.24) is 0 Å². The number of hydrogen-bond acceptors (Lipinski definition) is 1. The molecular formula is C17H11FO. The van der Waals surface area contributed by atoms with Crippen LogP contribution in [0.4, 0.5) is 4.39 Å². The lowest BCUT2D eigenvalue weighted by Gasteiger charge is -2.08. The Morgan fingerprint density at radius 1 is 0.842 bits per heavy atom. The molecule has 19 heavy (non-hydrogen) atoms. The van der Waals surface area contributed by atoms with Gasteiger partial charge < -0.3 is 0 Å². The molecule has 0 aromatic heterocycles. The molecule has 0 saturated carbocycles. The van der Waals surface area contributed by atoms with E-state index >= 15 is 0 Å². The minimum absolute atomic E-state index is 0.231. The molecule has 0 N–H and O–H groups in total. The van der Waals surface area contributed by atoms with Crippen LogP contribution in [-0.4, -0.2) is 6.29 Å². The molecule has 0 amide bonds. The van der Waals surface area contributed by atoms with E-state index in [1.165, 1.54) is 6.07 Å². The van der Waals surface area contributed by atoms with Gasteiger partial charge in [0.05, 0.1) is 0 Å². The molecular weight excluding hydrogens is 239 g/mol. The number of halogens is 1. The Bertz CT molecular complexity index is 762. The maximum atomic E-state index is 13.8. The van der Waals surface area contributed by atoms with Gasteiger partial charge in [-0.15, -0.1) is 0 Å². The zero-order valence-electron chi connectivity index (χ0n) is 10.1. The van der Waals surface area contributed by atoms with E-state index in [-0.39, 0.29) is 5.82 Å². The van der Waals surface area contributed by atoms with Crippen molar-refractivity contribution in [2.75, 3.05) is 0 Å². The van der Waals surface area contributed by atoms with Crippen LogP contribution in [0, 0.1) is 5.82 Å². The van der Waals surface area contributed by atoms with E-state index in [0.717, 1.165) is 22.8 Å². The van der Waals surface area contributed by atoms with Crippen molar-refractivity contribution >= 4 is 17.1 Å². The van der Waals surface area contributed by atoms with Crippen molar-refractivity contribution < 1.29 is 9.18 Å². The Morgan fingerprint density at radius 3 is 2.42 bits per heavy atom. The molecule has 3 aromatic carbocycles. The maximum absolute atomic E-state index is 13.8. The quantitative estimate of drug-likeness (QED) is 0.614. The molecule has 92 valence electrons. The Morgan fingerprint density at radius 2 is 1.63 bits per heavy atom. The first kappa shape index (κ1) is 11.6. The standard InChI is InChI=1S/C17H11FO/c18-17-9-8-14(15-6-1-2-7-16(15)17)13-5-3-4-12(10-13)11-19/h1-11H. The fraction of sp³-hybridized carbons (Fsp3) is 0. The van der Waals surface area contributed by atoms with Gasteiger partial charge in [0, 0.05) is 10.9 Å². The molecule has 0 unspecified atom stereocenters. The topological polar surface area (TPSA) is 17.1 Å². The Labute approximate surface area is 110 Å². The summed E-state index contributed by atoms with van der Waals surface area (Å²) in [5.74, 6) is -0.231. The summed E-state index contributed by atoms with van der Waals surface area (Å²) in [7, 11) is 0. The normalized spacial score (nSPS) is 10.6. The van der Waals surface area contributed by atoms with Crippen LogP contribution >= 0.6 is 0 Å². The average Bonchev–Trinajstić information content (AvgIpc) is 2.48. The molecule has 2 heteroatoms. The number of fused-ring (bicyclic) bond motifs is 1. The number of benzene rings is 3. The molecule has 0 aliphatic carbocycles. The van der Waals surface area contributed by atoms with E-state index in [4.69, 9.17) is 0 Å². The lowest BCUT2D eigenvalue weighted by atomic mass is 9.97. The zero-order chi connectivity index (χ0) is 13.2. The predicted octanol–water partition coefficient (Wildman–Crippen LogP) is 4.46. The van der Waals surface area contributed by atoms with Crippen LogP contribution in [0.25, 0.3) is 21.9 Å². The summed E-state index contributed by atoms with van der Waals surface area (Å²) in [6.07, 6.45) is 0.815. The predicted molar refractivity (Wildman–Crippen MR) is 74.7 cm³/mol. The van der Waals surface area contributed by atoms with Gasteiger partial charge in [0.25, 0.3) is 0 Å². The summed E-state index contributed by atoms with van der Waals surface area (Å²) < 4.78 is 13.8. The number of carbonyl (C=O) groups is 1. The van der Waals surface area contributed by atoms with Crippen molar-refractivity contribution in [3.63, 3.8) is 0 Å². The SMILES string of the molecule is O=Cc1cccc(-c2ccc(F)c3ccccc23)c1. The monoisotopic (exact) mass is 250 g/mol. The number of rotatable bonds is 2. The highest BCUT2D eigenvalue weighted by molar-refractivity contribution is 5.97. The largest absolute Gasteiger partial charge is 0.298 e. The molecule has 0 saturated heterocycles. The Hall–Kier alpha value is -2.48. The van der Waals surface area contributed by atoms with Crippen LogP contribution in [0.1, 0.15) is 10.4 Å². The first-order valence-corrected chi connectivity index (χ1v) is 6.02. The molecule has 0 atom stereocenters. The third-order valence-corrected chi connectivity index (χ3v) is 3.20. The number of hydrogen-bond donors (Lipinski definition) is 0. The second kappa shape index (κ2) is 4.65. The number of carbonyl (C=O) groups excluding carboxylic acids is 1. The van der Waals surface area contributed by atoms with Crippen LogP contribution in [0.3, 0.4) is 0 Å². The molecule has 0 aliphatic heterocycles. The van der Waals surface area contributed by atoms with Crippen molar-refractivity contribution in [3.05, 3.63) is 72.0 Å². The van der Waals surface area contributed by atoms with Gasteiger partial charge in [-0.1, -0.05) is 48.5 Å². The number of aldehydes is 1. The van der Waals surface area contributed by atoms with E-state index in [1.807, 2.05) is 36.4 Å². The van der Waals surface area contributed by atoms with Crippen LogP contribution < -0.4 is 0 Å². The highest BCUT2D eigenvalue weighted by Crippen LogP contribution is 2.30. The van der Waals surface area contributed by atoms with Gasteiger partial charge in [-0.25, -0.2) is 4.39 Å². The van der Waals surface area contributed by atoms with E-state index < -0.39 is 0 Å². The van der Waals surface area contributed by atoms with Crippen LogP contribution in [0.5, 0.6) is 0 Å². The summed E-state index contributed by atoms with van der Waals surface area (Å²) in [5, 5.41) is 1.45. The molecule has 0 radical (unpaired) electrons. The van der Waals surface area contributed by atoms with Crippen molar-refractivity contribution in [3.8, 4) is 11.1 Å². The second-order valence-corrected chi connectivity index (χ2v) is 4.38. The summed E-state index contributed by atoms with van der Waals surface area (Å²) in [6, 6.07) is 17.9. The Kier molecular flexibility index (Phi) is 2.84. The Balaban J connectivity index is 2.30. The van der Waals surface area contributed by atoms with Crippen molar-refractivity contribution in [2.45, 2.75) is 0 Å². The maximum Gasteiger partial charge on any atom is 0.150 e. The summed E-state index contributed by atoms with van der Waals surface area (Å²) in [4.78, 5) is 10.8. The smallest absolute Gasteiger partial charge is 0.150 e. The van der Waals surface area contributed by atoms with Gasteiger partial charge in [0.1, 0.15) is 12.1 Å². The fourth-order valence-corrected chi connectivity index (χ4v) is 2.29. The minimum atomic E-state index is -0.231. The van der Waals surface area contributed by atoms with Gasteiger partial charge in [-0.3, -0.25) is 4.79 Å². The van der Waals surface area contributed by atoms with Gasteiger partial charge in [0.2, 0.25) is 0 Å². The van der Waals surface area contributed by atoms with Gasteiger partial charge in [-0.05, 0) is 28.6 Å². The highest BCUT2D eigenvalue weighted by atomic mass is 19.1. The third-order valence-electron chi connectivity index (χ3n) is 3.20. The molecule has 0 heterocycles. The lowest BCUT2D eigenvalue weighted by molar-refractivity contribution is 0.112. The van der Waals surface area contributed by atoms with Crippen molar-refractivity contribution in [2.24, 2.45) is 0 Å². The first-order valence-electron chi connectivity index (χ1n) is 6.02. The summed E-state index contributed by atoms with van der Waals surface area (Å²) >= 11 is 0. The first-order chi connectivity index (χ1) is 9.29. The molecule has 0 fully saturated rings. The zero-order valence-corrected chi connectivity index (χ0v) is 10.1. The van der Waals surface area contributed by atoms with Gasteiger partial charge in [0.15, 0.2) is 0 Å². The van der Waals surface area contributed by atoms with Gasteiger partial charge >= 0.3 is 0 Å². The van der Waals surface area contributed by atoms with Gasteiger partial charge in [-0.2, -0.15) is 0 Å². The average molecular weight is 250 g/mol. The molecule has 0 spiro atoms. The fourth-order valence-electron chi connectivity index (χ4n) is 2.29. The van der Waals surface area contributed by atoms with Crippen LogP contribution in [-0.2, 0) is 0 Å². The molecule has 1 nitrogen and oxygen atoms in total. The van der Waals surface area contributed by atoms with E-state index in [9.17, 15) is 9.18 Å². The van der Waals surface area contributed by atoms with E-state index in [1.54, 1.807) is 18.2 Å². The van der Waals surface area contributed by atoms with E-state index in [2.05, 4.69) is 0 Å². The summed E-state index contributed by atoms with van der Waals surface area (Å²) in [6.45, 7) is 0. The third kappa shape index (κ3) is 2.02. The van der Waals surface area contributed by atoms with Crippen LogP contribution in [0.15, 0.2) is 60.7 Å². The lowest BCUT2D eigenvalue weighted by Crippen LogP contribution is -1.86.